The number of carbonyl (C=O) groups excluding carboxylic acids is 2. The van der Waals surface area contributed by atoms with Crippen molar-refractivity contribution in [1.29, 1.82) is 0 Å². The second-order valence-corrected chi connectivity index (χ2v) is 6.32. The molecule has 0 spiro atoms. The van der Waals surface area contributed by atoms with Gasteiger partial charge in [-0.25, -0.2) is 0 Å². The first-order chi connectivity index (χ1) is 9.52. The van der Waals surface area contributed by atoms with Crippen LogP contribution in [0.15, 0.2) is 0 Å². The molecule has 1 aliphatic carbocycles. The van der Waals surface area contributed by atoms with Gasteiger partial charge in [-0.15, -0.1) is 11.3 Å². The van der Waals surface area contributed by atoms with Crippen molar-refractivity contribution in [3.05, 3.63) is 16.0 Å². The molecular formula is C14H20N2O3S. The summed E-state index contributed by atoms with van der Waals surface area (Å²) in [6.45, 7) is 3.77. The molecule has 1 atom stereocenters. The molecule has 1 heterocycles. The largest absolute Gasteiger partial charge is 0.395 e. The van der Waals surface area contributed by atoms with Crippen molar-refractivity contribution in [3.8, 4) is 0 Å². The Balaban J connectivity index is 2.35. The Bertz CT molecular complexity index is 525. The number of nitrogens with one attached hydrogen (secondary N) is 2. The van der Waals surface area contributed by atoms with E-state index in [0.29, 0.717) is 16.5 Å². The molecule has 1 aromatic rings. The fourth-order valence-electron chi connectivity index (χ4n) is 2.50. The molecule has 6 heteroatoms. The topological polar surface area (TPSA) is 78.4 Å². The van der Waals surface area contributed by atoms with Gasteiger partial charge in [0.05, 0.1) is 12.2 Å². The van der Waals surface area contributed by atoms with E-state index in [-0.39, 0.29) is 25.0 Å². The van der Waals surface area contributed by atoms with E-state index < -0.39 is 0 Å². The number of thiophene rings is 1. The van der Waals surface area contributed by atoms with Crippen molar-refractivity contribution in [2.75, 3.05) is 18.5 Å². The summed E-state index contributed by atoms with van der Waals surface area (Å²) in [5.41, 5.74) is 1.65. The number of fused-ring (bicyclic) bond motifs is 1. The monoisotopic (exact) mass is 296 g/mol. The minimum Gasteiger partial charge on any atom is -0.395 e. The van der Waals surface area contributed by atoms with Crippen LogP contribution in [0.1, 0.15) is 41.1 Å². The molecule has 20 heavy (non-hydrogen) atoms. The SMILES string of the molecule is CC(=O)Nc1sc2c(c1C(=O)NCCO)CC[C@@H](C)C2. The third-order valence-corrected chi connectivity index (χ3v) is 4.60. The average Bonchev–Trinajstić information content (AvgIpc) is 2.71. The van der Waals surface area contributed by atoms with Gasteiger partial charge in [0.15, 0.2) is 0 Å². The van der Waals surface area contributed by atoms with Crippen molar-refractivity contribution in [2.24, 2.45) is 5.92 Å². The maximum absolute atomic E-state index is 12.3. The van der Waals surface area contributed by atoms with E-state index in [0.717, 1.165) is 24.8 Å². The molecular weight excluding hydrogens is 276 g/mol. The highest BCUT2D eigenvalue weighted by Crippen LogP contribution is 2.39. The fraction of sp³-hybridized carbons (Fsp3) is 0.571. The van der Waals surface area contributed by atoms with Gasteiger partial charge in [-0.05, 0) is 30.7 Å². The fourth-order valence-corrected chi connectivity index (χ4v) is 3.95. The van der Waals surface area contributed by atoms with Crippen LogP contribution < -0.4 is 10.6 Å². The standard InChI is InChI=1S/C14H20N2O3S/c1-8-3-4-10-11(7-8)20-14(16-9(2)18)12(10)13(19)15-5-6-17/h8,17H,3-7H2,1-2H3,(H,15,19)(H,16,18)/t8-/m1/s1. The maximum Gasteiger partial charge on any atom is 0.254 e. The van der Waals surface area contributed by atoms with E-state index in [1.807, 2.05) is 0 Å². The normalized spacial score (nSPS) is 17.4. The van der Waals surface area contributed by atoms with Crippen LogP contribution in [0.5, 0.6) is 0 Å². The molecule has 110 valence electrons. The minimum atomic E-state index is -0.213. The molecule has 2 rings (SSSR count). The van der Waals surface area contributed by atoms with Crippen molar-refractivity contribution in [2.45, 2.75) is 33.1 Å². The number of hydrogen-bond acceptors (Lipinski definition) is 4. The van der Waals surface area contributed by atoms with Gasteiger partial charge in [0.1, 0.15) is 5.00 Å². The molecule has 0 aromatic carbocycles. The second-order valence-electron chi connectivity index (χ2n) is 5.22. The Hall–Kier alpha value is -1.40. The Kier molecular flexibility index (Phi) is 4.77. The average molecular weight is 296 g/mol. The lowest BCUT2D eigenvalue weighted by molar-refractivity contribution is -0.114. The van der Waals surface area contributed by atoms with Crippen LogP contribution in [-0.4, -0.2) is 30.1 Å². The van der Waals surface area contributed by atoms with Gasteiger partial charge in [-0.1, -0.05) is 6.92 Å². The Morgan fingerprint density at radius 1 is 1.45 bits per heavy atom. The highest BCUT2D eigenvalue weighted by atomic mass is 32.1. The summed E-state index contributed by atoms with van der Waals surface area (Å²) in [5.74, 6) is 0.224. The van der Waals surface area contributed by atoms with Gasteiger partial charge in [0.2, 0.25) is 5.91 Å². The number of aliphatic hydroxyl groups is 1. The van der Waals surface area contributed by atoms with Crippen LogP contribution in [0.3, 0.4) is 0 Å². The molecule has 3 N–H and O–H groups in total. The zero-order chi connectivity index (χ0) is 14.7. The predicted molar refractivity (Wildman–Crippen MR) is 79.2 cm³/mol. The molecule has 0 bridgehead atoms. The highest BCUT2D eigenvalue weighted by molar-refractivity contribution is 7.17. The first-order valence-corrected chi connectivity index (χ1v) is 7.65. The Morgan fingerprint density at radius 2 is 2.20 bits per heavy atom. The van der Waals surface area contributed by atoms with Gasteiger partial charge in [0, 0.05) is 18.3 Å². The number of amides is 2. The molecule has 0 saturated heterocycles. The van der Waals surface area contributed by atoms with Crippen molar-refractivity contribution in [3.63, 3.8) is 0 Å². The third kappa shape index (κ3) is 3.19. The summed E-state index contributed by atoms with van der Waals surface area (Å²) in [5, 5.41) is 14.9. The molecule has 0 saturated carbocycles. The summed E-state index contributed by atoms with van der Waals surface area (Å²) in [6.07, 6.45) is 2.89. The minimum absolute atomic E-state index is 0.0927. The molecule has 0 radical (unpaired) electrons. The number of anilines is 1. The summed E-state index contributed by atoms with van der Waals surface area (Å²) >= 11 is 1.50. The van der Waals surface area contributed by atoms with Crippen LogP contribution in [0, 0.1) is 5.92 Å². The third-order valence-electron chi connectivity index (χ3n) is 3.43. The molecule has 5 nitrogen and oxygen atoms in total. The van der Waals surface area contributed by atoms with Gasteiger partial charge >= 0.3 is 0 Å². The van der Waals surface area contributed by atoms with Crippen LogP contribution in [-0.2, 0) is 17.6 Å². The van der Waals surface area contributed by atoms with E-state index in [4.69, 9.17) is 5.11 Å². The second kappa shape index (κ2) is 6.37. The van der Waals surface area contributed by atoms with E-state index in [1.165, 1.54) is 23.1 Å². The van der Waals surface area contributed by atoms with Crippen LogP contribution in [0.4, 0.5) is 5.00 Å². The molecule has 0 unspecified atom stereocenters. The highest BCUT2D eigenvalue weighted by Gasteiger charge is 2.27. The molecule has 2 amide bonds. The van der Waals surface area contributed by atoms with E-state index in [2.05, 4.69) is 17.6 Å². The zero-order valence-corrected chi connectivity index (χ0v) is 12.6. The predicted octanol–water partition coefficient (Wildman–Crippen LogP) is 1.55. The maximum atomic E-state index is 12.3. The summed E-state index contributed by atoms with van der Waals surface area (Å²) < 4.78 is 0. The van der Waals surface area contributed by atoms with Crippen molar-refractivity contribution >= 4 is 28.2 Å². The molecule has 1 aromatic heterocycles. The smallest absolute Gasteiger partial charge is 0.254 e. The summed E-state index contributed by atoms with van der Waals surface area (Å²) in [4.78, 5) is 24.8. The van der Waals surface area contributed by atoms with E-state index >= 15 is 0 Å². The van der Waals surface area contributed by atoms with E-state index in [1.54, 1.807) is 0 Å². The van der Waals surface area contributed by atoms with Gasteiger partial charge < -0.3 is 15.7 Å². The Labute approximate surface area is 122 Å². The molecule has 0 fully saturated rings. The number of rotatable bonds is 4. The summed E-state index contributed by atoms with van der Waals surface area (Å²) in [7, 11) is 0. The lowest BCUT2D eigenvalue weighted by Gasteiger charge is -2.18. The first-order valence-electron chi connectivity index (χ1n) is 6.84. The lowest BCUT2D eigenvalue weighted by atomic mass is 9.88. The quantitative estimate of drug-likeness (QED) is 0.789. The van der Waals surface area contributed by atoms with Crippen molar-refractivity contribution < 1.29 is 14.7 Å². The number of aliphatic hydroxyl groups excluding tert-OH is 1. The lowest BCUT2D eigenvalue weighted by Crippen LogP contribution is -2.28. The summed E-state index contributed by atoms with van der Waals surface area (Å²) in [6, 6.07) is 0. The number of carbonyl (C=O) groups is 2. The van der Waals surface area contributed by atoms with Crippen LogP contribution in [0.2, 0.25) is 0 Å². The van der Waals surface area contributed by atoms with Gasteiger partial charge in [-0.2, -0.15) is 0 Å². The van der Waals surface area contributed by atoms with Crippen LogP contribution >= 0.6 is 11.3 Å². The van der Waals surface area contributed by atoms with Gasteiger partial charge in [-0.3, -0.25) is 9.59 Å². The zero-order valence-electron chi connectivity index (χ0n) is 11.8. The van der Waals surface area contributed by atoms with Gasteiger partial charge in [0.25, 0.3) is 5.91 Å². The Morgan fingerprint density at radius 3 is 2.85 bits per heavy atom. The molecule has 0 aliphatic heterocycles. The molecule has 1 aliphatic rings. The first kappa shape index (κ1) is 15.0. The van der Waals surface area contributed by atoms with Crippen molar-refractivity contribution in [1.82, 2.24) is 5.32 Å². The van der Waals surface area contributed by atoms with E-state index in [9.17, 15) is 9.59 Å². The van der Waals surface area contributed by atoms with Crippen LogP contribution in [0.25, 0.3) is 0 Å². The number of hydrogen-bond donors (Lipinski definition) is 3.